The van der Waals surface area contributed by atoms with Gasteiger partial charge in [-0.2, -0.15) is 0 Å². The van der Waals surface area contributed by atoms with Gasteiger partial charge in [-0.25, -0.2) is 8.78 Å². The number of ether oxygens (including phenoxy) is 1. The third-order valence-electron chi connectivity index (χ3n) is 4.26. The number of nitrogens with zero attached hydrogens (tertiary/aromatic N) is 1. The van der Waals surface area contributed by atoms with Crippen LogP contribution in [0.1, 0.15) is 25.8 Å². The predicted octanol–water partition coefficient (Wildman–Crippen LogP) is 2.57. The highest BCUT2D eigenvalue weighted by Crippen LogP contribution is 2.29. The van der Waals surface area contributed by atoms with E-state index in [9.17, 15) is 13.9 Å². The summed E-state index contributed by atoms with van der Waals surface area (Å²) in [5.41, 5.74) is -0.646. The normalized spacial score (nSPS) is 27.6. The maximum Gasteiger partial charge on any atom is 0.134 e. The monoisotopic (exact) mass is 285 g/mol. The molecule has 0 saturated carbocycles. The van der Waals surface area contributed by atoms with Crippen molar-refractivity contribution in [3.8, 4) is 5.75 Å². The molecule has 5 heteroatoms. The number of rotatable bonds is 3. The maximum atomic E-state index is 13.9. The molecule has 0 unspecified atom stereocenters. The Hall–Kier alpha value is -1.20. The summed E-state index contributed by atoms with van der Waals surface area (Å²) in [7, 11) is 1.38. The summed E-state index contributed by atoms with van der Waals surface area (Å²) >= 11 is 0. The van der Waals surface area contributed by atoms with E-state index in [4.69, 9.17) is 4.74 Å². The van der Waals surface area contributed by atoms with Crippen molar-refractivity contribution in [3.63, 3.8) is 0 Å². The van der Waals surface area contributed by atoms with Crippen molar-refractivity contribution < 1.29 is 18.6 Å². The van der Waals surface area contributed by atoms with Gasteiger partial charge in [-0.3, -0.25) is 4.90 Å². The van der Waals surface area contributed by atoms with Gasteiger partial charge in [0.2, 0.25) is 0 Å². The predicted molar refractivity (Wildman–Crippen MR) is 72.6 cm³/mol. The van der Waals surface area contributed by atoms with Crippen LogP contribution in [-0.4, -0.2) is 35.8 Å². The second kappa shape index (κ2) is 5.66. The van der Waals surface area contributed by atoms with Crippen LogP contribution in [0.4, 0.5) is 8.78 Å². The van der Waals surface area contributed by atoms with Crippen LogP contribution in [0.25, 0.3) is 0 Å². The second-order valence-electron chi connectivity index (χ2n) is 5.81. The van der Waals surface area contributed by atoms with Crippen molar-refractivity contribution in [1.82, 2.24) is 4.90 Å². The Labute approximate surface area is 118 Å². The van der Waals surface area contributed by atoms with E-state index < -0.39 is 17.2 Å². The Kier molecular flexibility index (Phi) is 4.30. The fraction of sp³-hybridized carbons (Fsp3) is 0.600. The number of aliphatic hydroxyl groups is 1. The maximum absolute atomic E-state index is 13.9. The summed E-state index contributed by atoms with van der Waals surface area (Å²) in [4.78, 5) is 1.97. The zero-order valence-electron chi connectivity index (χ0n) is 12.1. The topological polar surface area (TPSA) is 32.7 Å². The lowest BCUT2D eigenvalue weighted by Gasteiger charge is -2.41. The quantitative estimate of drug-likeness (QED) is 0.926. The molecular weight excluding hydrogens is 264 g/mol. The van der Waals surface area contributed by atoms with Crippen molar-refractivity contribution in [1.29, 1.82) is 0 Å². The van der Waals surface area contributed by atoms with E-state index in [1.54, 1.807) is 0 Å². The Morgan fingerprint density at radius 2 is 2.00 bits per heavy atom. The molecule has 20 heavy (non-hydrogen) atoms. The Balaban J connectivity index is 2.12. The Morgan fingerprint density at radius 1 is 1.40 bits per heavy atom. The summed E-state index contributed by atoms with van der Waals surface area (Å²) in [6, 6.07) is 2.39. The molecule has 1 heterocycles. The third-order valence-corrected chi connectivity index (χ3v) is 4.26. The van der Waals surface area contributed by atoms with E-state index >= 15 is 0 Å². The fourth-order valence-electron chi connectivity index (χ4n) is 2.52. The highest BCUT2D eigenvalue weighted by atomic mass is 19.1. The van der Waals surface area contributed by atoms with Crippen LogP contribution in [-0.2, 0) is 6.54 Å². The molecule has 0 spiro atoms. The SMILES string of the molecule is COc1cc(F)c(CN2CC[C@](C)(O)[C@H](C)C2)c(F)c1. The van der Waals surface area contributed by atoms with Gasteiger partial charge in [0.25, 0.3) is 0 Å². The first-order chi connectivity index (χ1) is 9.33. The summed E-state index contributed by atoms with van der Waals surface area (Å²) < 4.78 is 32.7. The molecule has 1 aliphatic heterocycles. The lowest BCUT2D eigenvalue weighted by atomic mass is 9.84. The number of hydrogen-bond donors (Lipinski definition) is 1. The van der Waals surface area contributed by atoms with Crippen molar-refractivity contribution in [2.45, 2.75) is 32.4 Å². The van der Waals surface area contributed by atoms with Crippen LogP contribution in [0, 0.1) is 17.6 Å². The molecule has 0 amide bonds. The van der Waals surface area contributed by atoms with Crippen LogP contribution in [0.2, 0.25) is 0 Å². The van der Waals surface area contributed by atoms with Crippen LogP contribution in [0.5, 0.6) is 5.75 Å². The molecule has 1 aromatic rings. The van der Waals surface area contributed by atoms with Crippen LogP contribution in [0.15, 0.2) is 12.1 Å². The van der Waals surface area contributed by atoms with E-state index in [1.807, 2.05) is 18.7 Å². The molecule has 2 atom stereocenters. The van der Waals surface area contributed by atoms with E-state index in [1.165, 1.54) is 19.2 Å². The van der Waals surface area contributed by atoms with Crippen molar-refractivity contribution in [2.75, 3.05) is 20.2 Å². The van der Waals surface area contributed by atoms with Gasteiger partial charge >= 0.3 is 0 Å². The summed E-state index contributed by atoms with van der Waals surface area (Å²) in [5, 5.41) is 10.1. The molecule has 3 nitrogen and oxygen atoms in total. The van der Waals surface area contributed by atoms with Crippen molar-refractivity contribution >= 4 is 0 Å². The fourth-order valence-corrected chi connectivity index (χ4v) is 2.52. The number of hydrogen-bond acceptors (Lipinski definition) is 3. The van der Waals surface area contributed by atoms with Crippen molar-refractivity contribution in [2.24, 2.45) is 5.92 Å². The zero-order chi connectivity index (χ0) is 14.9. The Bertz CT molecular complexity index is 468. The molecule has 0 aliphatic carbocycles. The summed E-state index contributed by atoms with van der Waals surface area (Å²) in [6.45, 7) is 5.22. The average Bonchev–Trinajstić information content (AvgIpc) is 2.38. The second-order valence-corrected chi connectivity index (χ2v) is 5.81. The van der Waals surface area contributed by atoms with Gasteiger partial charge < -0.3 is 9.84 Å². The molecule has 0 aromatic heterocycles. The van der Waals surface area contributed by atoms with E-state index in [2.05, 4.69) is 0 Å². The molecule has 2 rings (SSSR count). The van der Waals surface area contributed by atoms with Gasteiger partial charge in [0.05, 0.1) is 12.7 Å². The molecule has 0 bridgehead atoms. The van der Waals surface area contributed by atoms with E-state index in [0.29, 0.717) is 19.5 Å². The minimum absolute atomic E-state index is 0.0551. The van der Waals surface area contributed by atoms with Gasteiger partial charge in [0, 0.05) is 37.3 Å². The molecule has 0 radical (unpaired) electrons. The first-order valence-corrected chi connectivity index (χ1v) is 6.80. The molecular formula is C15H21F2NO2. The molecule has 1 fully saturated rings. The molecule has 1 aromatic carbocycles. The minimum Gasteiger partial charge on any atom is -0.497 e. The highest BCUT2D eigenvalue weighted by Gasteiger charge is 2.34. The lowest BCUT2D eigenvalue weighted by molar-refractivity contribution is -0.0527. The molecule has 1 N–H and O–H groups in total. The van der Waals surface area contributed by atoms with Crippen LogP contribution < -0.4 is 4.74 Å². The van der Waals surface area contributed by atoms with Crippen LogP contribution in [0.3, 0.4) is 0 Å². The first kappa shape index (κ1) is 15.2. The molecule has 1 aliphatic rings. The van der Waals surface area contributed by atoms with E-state index in [0.717, 1.165) is 0 Å². The van der Waals surface area contributed by atoms with Gasteiger partial charge in [-0.1, -0.05) is 6.92 Å². The average molecular weight is 285 g/mol. The zero-order valence-corrected chi connectivity index (χ0v) is 12.1. The van der Waals surface area contributed by atoms with Crippen molar-refractivity contribution in [3.05, 3.63) is 29.3 Å². The number of piperidine rings is 1. The largest absolute Gasteiger partial charge is 0.497 e. The van der Waals surface area contributed by atoms with Gasteiger partial charge in [0.15, 0.2) is 0 Å². The number of methoxy groups -OCH3 is 1. The minimum atomic E-state index is -0.701. The van der Waals surface area contributed by atoms with Crippen LogP contribution >= 0.6 is 0 Å². The first-order valence-electron chi connectivity index (χ1n) is 6.80. The smallest absolute Gasteiger partial charge is 0.134 e. The highest BCUT2D eigenvalue weighted by molar-refractivity contribution is 5.30. The van der Waals surface area contributed by atoms with E-state index in [-0.39, 0.29) is 23.8 Å². The standard InChI is InChI=1S/C15H21F2NO2/c1-10-8-18(5-4-15(10,2)19)9-12-13(16)6-11(20-3)7-14(12)17/h6-7,10,19H,4-5,8-9H2,1-3H3/t10-,15+/m1/s1. The number of halogens is 2. The molecule has 1 saturated heterocycles. The third kappa shape index (κ3) is 3.10. The summed E-state index contributed by atoms with van der Waals surface area (Å²) in [5.74, 6) is -0.932. The number of benzene rings is 1. The van der Waals surface area contributed by atoms with Gasteiger partial charge in [-0.15, -0.1) is 0 Å². The lowest BCUT2D eigenvalue weighted by Crippen LogP contribution is -2.48. The summed E-state index contributed by atoms with van der Waals surface area (Å²) in [6.07, 6.45) is 0.605. The Morgan fingerprint density at radius 3 is 2.50 bits per heavy atom. The molecule has 112 valence electrons. The number of likely N-dealkylation sites (tertiary alicyclic amines) is 1. The van der Waals surface area contributed by atoms with Gasteiger partial charge in [-0.05, 0) is 19.3 Å². The van der Waals surface area contributed by atoms with Gasteiger partial charge in [0.1, 0.15) is 17.4 Å².